The Morgan fingerprint density at radius 1 is 0.816 bits per heavy atom. The van der Waals surface area contributed by atoms with Crippen LogP contribution in [0.4, 0.5) is 0 Å². The van der Waals surface area contributed by atoms with Crippen LogP contribution in [0.1, 0.15) is 74.1 Å². The second-order valence-corrected chi connectivity index (χ2v) is 26.8. The summed E-state index contributed by atoms with van der Waals surface area (Å²) in [5.74, 6) is 6.56. The second-order valence-electron chi connectivity index (χ2n) is 15.3. The fourth-order valence-corrected chi connectivity index (χ4v) is 22.6. The summed E-state index contributed by atoms with van der Waals surface area (Å²) >= 11 is 3.75. The summed E-state index contributed by atoms with van der Waals surface area (Å²) in [6.45, 7) is 23.7. The Hall–Kier alpha value is 1.86. The molecule has 10 atom stereocenters. The molecule has 10 unspecified atom stereocenters. The molecule has 4 fully saturated rings. The summed E-state index contributed by atoms with van der Waals surface area (Å²) in [6, 6.07) is 0. The molecule has 0 amide bonds. The van der Waals surface area contributed by atoms with E-state index >= 15 is 0 Å². The van der Waals surface area contributed by atoms with Gasteiger partial charge < -0.3 is 14.9 Å². The summed E-state index contributed by atoms with van der Waals surface area (Å²) < 4.78 is 0. The van der Waals surface area contributed by atoms with Crippen molar-refractivity contribution in [2.45, 2.75) is 109 Å². The Morgan fingerprint density at radius 3 is 1.74 bits per heavy atom. The molecule has 4 aliphatic carbocycles. The maximum absolute atomic E-state index is 4.93. The van der Waals surface area contributed by atoms with Crippen LogP contribution in [0.5, 0.6) is 0 Å². The Balaban J connectivity index is 0.000000766. The van der Waals surface area contributed by atoms with Crippen molar-refractivity contribution in [2.75, 3.05) is 0 Å². The van der Waals surface area contributed by atoms with E-state index in [1.807, 2.05) is 0 Å². The molecule has 0 bridgehead atoms. The van der Waals surface area contributed by atoms with Crippen LogP contribution in [0.25, 0.3) is 0 Å². The van der Waals surface area contributed by atoms with E-state index < -0.39 is 28.9 Å². The van der Waals surface area contributed by atoms with Gasteiger partial charge in [0.1, 0.15) is 0 Å². The molecule has 0 saturated heterocycles. The van der Waals surface area contributed by atoms with Crippen molar-refractivity contribution in [1.82, 2.24) is 0 Å². The van der Waals surface area contributed by atoms with Crippen molar-refractivity contribution >= 4 is 48.6 Å². The summed E-state index contributed by atoms with van der Waals surface area (Å²) in [5, 5.41) is 1.76. The first kappa shape index (κ1) is 34.4. The zero-order chi connectivity index (χ0) is 26.4. The third kappa shape index (κ3) is 5.60. The Morgan fingerprint density at radius 2 is 1.26 bits per heavy atom. The van der Waals surface area contributed by atoms with Crippen LogP contribution in [0.2, 0.25) is 24.2 Å². The van der Waals surface area contributed by atoms with Gasteiger partial charge >= 0.3 is 37.9 Å². The molecule has 2 aliphatic heterocycles. The molecule has 6 aliphatic rings. The maximum atomic E-state index is 4.93. The number of rotatable bonds is 2. The van der Waals surface area contributed by atoms with E-state index in [1.165, 1.54) is 12.8 Å². The van der Waals surface area contributed by atoms with Gasteiger partial charge in [-0.05, 0) is 113 Å². The molecule has 0 aromatic heterocycles. The van der Waals surface area contributed by atoms with Crippen molar-refractivity contribution in [1.29, 1.82) is 0 Å². The first-order chi connectivity index (χ1) is 16.7. The molecule has 0 spiro atoms. The third-order valence-corrected chi connectivity index (χ3v) is 20.4. The van der Waals surface area contributed by atoms with Gasteiger partial charge in [0.2, 0.25) is 0 Å². The van der Waals surface area contributed by atoms with Gasteiger partial charge in [-0.15, -0.1) is 23.5 Å². The summed E-state index contributed by atoms with van der Waals surface area (Å²) in [4.78, 5) is 3.24. The van der Waals surface area contributed by atoms with Gasteiger partial charge in [-0.1, -0.05) is 59.9 Å². The fourth-order valence-electron chi connectivity index (χ4n) is 11.5. The van der Waals surface area contributed by atoms with E-state index in [2.05, 4.69) is 97.2 Å². The van der Waals surface area contributed by atoms with Crippen molar-refractivity contribution in [3.8, 4) is 0 Å². The van der Waals surface area contributed by atoms with Crippen LogP contribution in [0, 0.1) is 67.1 Å². The number of allylic oxidation sites excluding steroid dienone is 4. The number of halogens is 2. The first-order valence-corrected chi connectivity index (χ1v) is 25.6. The molecule has 216 valence electrons. The Bertz CT molecular complexity index is 898. The molecule has 0 radical (unpaired) electrons. The molecule has 6 heteroatoms. The van der Waals surface area contributed by atoms with E-state index in [0.29, 0.717) is 10.8 Å². The van der Waals surface area contributed by atoms with Gasteiger partial charge in [-0.2, -0.15) is 0 Å². The Labute approximate surface area is 265 Å². The number of thioether (sulfide) groups is 2. The molecule has 38 heavy (non-hydrogen) atoms. The van der Waals surface area contributed by atoms with Crippen LogP contribution >= 0.6 is 40.5 Å². The summed E-state index contributed by atoms with van der Waals surface area (Å²) in [5.41, 5.74) is 3.10. The van der Waals surface area contributed by atoms with Crippen molar-refractivity contribution < 1.29 is 20.8 Å². The predicted octanol–water partition coefficient (Wildman–Crippen LogP) is 11.8. The first-order valence-electron chi connectivity index (χ1n) is 14.4. The average Bonchev–Trinajstić information content (AvgIpc) is 3.47. The Kier molecular flexibility index (Phi) is 10.9. The molecule has 0 nitrogen and oxygen atoms in total. The van der Waals surface area contributed by atoms with Gasteiger partial charge in [0.05, 0.1) is 8.07 Å². The van der Waals surface area contributed by atoms with E-state index in [4.69, 9.17) is 17.0 Å². The number of hydrogen-bond acceptors (Lipinski definition) is 2. The van der Waals surface area contributed by atoms with Gasteiger partial charge in [-0.25, -0.2) is 0 Å². The quantitative estimate of drug-likeness (QED) is 0.209. The number of hydrogen-bond donors (Lipinski definition) is 0. The monoisotopic (exact) mass is 690 g/mol. The van der Waals surface area contributed by atoms with Crippen LogP contribution < -0.4 is 0 Å². The topological polar surface area (TPSA) is 0 Å². The number of fused-ring (bicyclic) bond motifs is 5. The van der Waals surface area contributed by atoms with Gasteiger partial charge in [0, 0.05) is 10.5 Å². The van der Waals surface area contributed by atoms with E-state index in [1.54, 1.807) is 22.7 Å². The molecule has 0 aromatic rings. The zero-order valence-electron chi connectivity index (χ0n) is 25.9. The summed E-state index contributed by atoms with van der Waals surface area (Å²) in [7, 11) is 8.39. The second kappa shape index (κ2) is 12.1. The zero-order valence-corrected chi connectivity index (χ0v) is 32.5. The van der Waals surface area contributed by atoms with Crippen molar-refractivity contribution in [3.05, 3.63) is 36.8 Å². The molecule has 2 heterocycles. The van der Waals surface area contributed by atoms with Gasteiger partial charge in [0.25, 0.3) is 0 Å². The normalized spacial score (nSPS) is 45.1. The molecule has 0 N–H and O–H groups in total. The molecule has 0 aromatic carbocycles. The minimum absolute atomic E-state index is 0. The SMILES string of the molecule is CC1=CC2C3C=C(C)SC3C([Si](C)(C)C3C(C)CC4CC5C(CC43)C(C)(C)CC5(C)C)C2S1.[CH3-].[CH3-].[Cl][Zr+2][Cl]. The standard InChI is InChI=1S/C30H48S2Si.2CH3.2ClH.Zr/c1-16-10-19-13-23-24(30(6,7)15-29(23,4)5)14-20(19)27(16)33(8,9)28-25-21(11-17(2)31-25)22-12-18(3)32-26(22)28;;;;;/h11-12,16,19-28H,10,13-15H2,1-9H3;2*1H3;2*1H;/q;2*-1;;;+4/p-2. The molecule has 4 saturated carbocycles. The molecular formula is C32H54Cl2S2SiZr. The van der Waals surface area contributed by atoms with E-state index in [9.17, 15) is 0 Å². The van der Waals surface area contributed by atoms with Crippen LogP contribution in [0.15, 0.2) is 22.0 Å². The van der Waals surface area contributed by atoms with Gasteiger partial charge in [-0.3, -0.25) is 0 Å². The van der Waals surface area contributed by atoms with E-state index in [-0.39, 0.29) is 14.9 Å². The molecule has 6 rings (SSSR count). The van der Waals surface area contributed by atoms with Gasteiger partial charge in [0.15, 0.2) is 0 Å². The van der Waals surface area contributed by atoms with Crippen molar-refractivity contribution in [2.24, 2.45) is 52.3 Å². The van der Waals surface area contributed by atoms with Crippen LogP contribution in [-0.2, 0) is 20.8 Å². The fraction of sp³-hybridized carbons (Fsp3) is 0.812. The van der Waals surface area contributed by atoms with Crippen LogP contribution in [0.3, 0.4) is 0 Å². The minimum atomic E-state index is -1.47. The van der Waals surface area contributed by atoms with E-state index in [0.717, 1.165) is 63.0 Å². The molecular weight excluding hydrogens is 639 g/mol. The van der Waals surface area contributed by atoms with Crippen LogP contribution in [-0.4, -0.2) is 18.6 Å². The third-order valence-electron chi connectivity index (χ3n) is 12.0. The van der Waals surface area contributed by atoms with Crippen molar-refractivity contribution in [3.63, 3.8) is 0 Å². The average molecular weight is 693 g/mol. The summed E-state index contributed by atoms with van der Waals surface area (Å²) in [6.07, 6.45) is 11.4. The predicted molar refractivity (Wildman–Crippen MR) is 176 cm³/mol.